The second-order valence-electron chi connectivity index (χ2n) is 12.5. The van der Waals surface area contributed by atoms with Gasteiger partial charge in [-0.05, 0) is 60.0 Å². The maximum absolute atomic E-state index is 5.17. The lowest BCUT2D eigenvalue weighted by Gasteiger charge is -2.14. The van der Waals surface area contributed by atoms with Gasteiger partial charge in [-0.2, -0.15) is 0 Å². The smallest absolute Gasteiger partial charge is 0.131 e. The van der Waals surface area contributed by atoms with Gasteiger partial charge < -0.3 is 4.40 Å². The van der Waals surface area contributed by atoms with Gasteiger partial charge in [-0.25, -0.2) is 4.99 Å². The Kier molecular flexibility index (Phi) is 5.81. The molecule has 0 radical (unpaired) electrons. The highest BCUT2D eigenvalue weighted by atomic mass is 32.1. The lowest BCUT2D eigenvalue weighted by atomic mass is 9.95. The fourth-order valence-electron chi connectivity index (χ4n) is 7.66. The number of aromatic nitrogens is 2. The average Bonchev–Trinajstić information content (AvgIpc) is 3.88. The van der Waals surface area contributed by atoms with E-state index < -0.39 is 0 Å². The van der Waals surface area contributed by atoms with Gasteiger partial charge in [0.25, 0.3) is 0 Å². The van der Waals surface area contributed by atoms with E-state index in [0.29, 0.717) is 5.82 Å². The standard InChI is InChI=1S/C44H29N3S/c1-27(29-13-4-3-5-14-29)31-15-6-9-20-37(31)45-28(2)46-38-21-10-8-17-33(38)36-25-30(23-24-40(36)46)42-26-41-44(48-42)35-19-12-18-34-32-16-7-11-22-39(32)47(41)43(34)35/h3-26H,2H2,1H3/b31-27+,45-37-. The highest BCUT2D eigenvalue weighted by molar-refractivity contribution is 7.23. The van der Waals surface area contributed by atoms with Crippen LogP contribution in [-0.2, 0) is 0 Å². The predicted octanol–water partition coefficient (Wildman–Crippen LogP) is 12.1. The molecule has 226 valence electrons. The largest absolute Gasteiger partial charge is 0.307 e. The fourth-order valence-corrected chi connectivity index (χ4v) is 8.82. The van der Waals surface area contributed by atoms with E-state index in [1.165, 1.54) is 69.8 Å². The van der Waals surface area contributed by atoms with Gasteiger partial charge in [-0.3, -0.25) is 4.57 Å². The molecule has 0 saturated heterocycles. The van der Waals surface area contributed by atoms with Gasteiger partial charge in [0.15, 0.2) is 0 Å². The third-order valence-electron chi connectivity index (χ3n) is 9.87. The Morgan fingerprint density at radius 3 is 2.17 bits per heavy atom. The molecule has 1 aliphatic carbocycles. The fraction of sp³-hybridized carbons (Fsp3) is 0.0227. The molecule has 0 bridgehead atoms. The molecule has 0 aliphatic heterocycles. The minimum absolute atomic E-state index is 0.692. The van der Waals surface area contributed by atoms with Crippen LogP contribution in [0, 0.1) is 0 Å². The van der Waals surface area contributed by atoms with Crippen molar-refractivity contribution in [2.45, 2.75) is 6.92 Å². The molecular weight excluding hydrogens is 603 g/mol. The minimum Gasteiger partial charge on any atom is -0.307 e. The average molecular weight is 632 g/mol. The molecule has 0 spiro atoms. The van der Waals surface area contributed by atoms with Crippen LogP contribution in [-0.4, -0.2) is 14.7 Å². The molecule has 0 N–H and O–H groups in total. The number of hydrogen-bond acceptors (Lipinski definition) is 2. The van der Waals surface area contributed by atoms with Crippen molar-refractivity contribution in [3.05, 3.63) is 163 Å². The van der Waals surface area contributed by atoms with Crippen molar-refractivity contribution >= 4 is 87.7 Å². The van der Waals surface area contributed by atoms with Crippen molar-refractivity contribution in [3.63, 3.8) is 0 Å². The summed E-state index contributed by atoms with van der Waals surface area (Å²) >= 11 is 1.88. The molecule has 3 nitrogen and oxygen atoms in total. The molecule has 0 unspecified atom stereocenters. The van der Waals surface area contributed by atoms with Crippen molar-refractivity contribution < 1.29 is 0 Å². The Balaban J connectivity index is 1.12. The van der Waals surface area contributed by atoms with E-state index in [0.717, 1.165) is 22.3 Å². The van der Waals surface area contributed by atoms with E-state index in [1.807, 2.05) is 23.5 Å². The third-order valence-corrected chi connectivity index (χ3v) is 11.1. The highest BCUT2D eigenvalue weighted by Crippen LogP contribution is 2.45. The molecule has 10 rings (SSSR count). The van der Waals surface area contributed by atoms with E-state index >= 15 is 0 Å². The number of nitrogens with zero attached hydrogens (tertiary/aromatic N) is 3. The first-order valence-corrected chi connectivity index (χ1v) is 17.1. The molecule has 4 heterocycles. The number of allylic oxidation sites excluding steroid dienone is 6. The number of para-hydroxylation sites is 3. The van der Waals surface area contributed by atoms with Crippen LogP contribution in [0.3, 0.4) is 0 Å². The van der Waals surface area contributed by atoms with Crippen molar-refractivity contribution in [1.29, 1.82) is 0 Å². The Hall–Kier alpha value is -5.97. The monoisotopic (exact) mass is 631 g/mol. The predicted molar refractivity (Wildman–Crippen MR) is 207 cm³/mol. The summed E-state index contributed by atoms with van der Waals surface area (Å²) in [6, 6.07) is 43.8. The maximum Gasteiger partial charge on any atom is 0.131 e. The summed E-state index contributed by atoms with van der Waals surface area (Å²) in [5.41, 5.74) is 11.7. The minimum atomic E-state index is 0.692. The maximum atomic E-state index is 5.17. The summed E-state index contributed by atoms with van der Waals surface area (Å²) in [7, 11) is 0. The summed E-state index contributed by atoms with van der Waals surface area (Å²) in [5, 5.41) is 6.35. The van der Waals surface area contributed by atoms with Gasteiger partial charge >= 0.3 is 0 Å². The molecule has 0 amide bonds. The number of thiophene rings is 1. The molecular formula is C44H29N3S. The quantitative estimate of drug-likeness (QED) is 0.184. The zero-order chi connectivity index (χ0) is 31.9. The second-order valence-corrected chi connectivity index (χ2v) is 13.6. The number of fused-ring (bicyclic) bond motifs is 9. The molecule has 48 heavy (non-hydrogen) atoms. The molecule has 0 saturated carbocycles. The lowest BCUT2D eigenvalue weighted by molar-refractivity contribution is 1.18. The van der Waals surface area contributed by atoms with Crippen LogP contribution in [0.5, 0.6) is 0 Å². The Morgan fingerprint density at radius 1 is 0.625 bits per heavy atom. The first-order valence-electron chi connectivity index (χ1n) is 16.3. The van der Waals surface area contributed by atoms with Gasteiger partial charge in [0.1, 0.15) is 5.82 Å². The summed E-state index contributed by atoms with van der Waals surface area (Å²) < 4.78 is 6.00. The van der Waals surface area contributed by atoms with Crippen molar-refractivity contribution in [2.75, 3.05) is 0 Å². The first-order chi connectivity index (χ1) is 23.7. The molecule has 0 atom stereocenters. The van der Waals surface area contributed by atoms with Crippen molar-refractivity contribution in [1.82, 2.24) is 8.97 Å². The molecule has 1 aliphatic rings. The second kappa shape index (κ2) is 10.3. The number of benzene rings is 5. The zero-order valence-corrected chi connectivity index (χ0v) is 27.1. The Bertz CT molecular complexity index is 2900. The van der Waals surface area contributed by atoms with E-state index in [9.17, 15) is 0 Å². The van der Waals surface area contributed by atoms with E-state index in [4.69, 9.17) is 4.99 Å². The Morgan fingerprint density at radius 2 is 1.31 bits per heavy atom. The number of hydrogen-bond donors (Lipinski definition) is 0. The normalized spacial score (nSPS) is 15.4. The summed E-state index contributed by atoms with van der Waals surface area (Å²) in [6.45, 7) is 6.69. The van der Waals surface area contributed by atoms with Crippen LogP contribution in [0.1, 0.15) is 12.5 Å². The van der Waals surface area contributed by atoms with Gasteiger partial charge in [0.05, 0.1) is 38.0 Å². The topological polar surface area (TPSA) is 21.7 Å². The van der Waals surface area contributed by atoms with Crippen LogP contribution in [0.25, 0.3) is 81.0 Å². The van der Waals surface area contributed by atoms with Crippen LogP contribution in [0.4, 0.5) is 0 Å². The van der Waals surface area contributed by atoms with Crippen LogP contribution in [0.2, 0.25) is 0 Å². The van der Waals surface area contributed by atoms with Crippen LogP contribution in [0.15, 0.2) is 163 Å². The summed E-state index contributed by atoms with van der Waals surface area (Å²) in [4.78, 5) is 6.44. The SMILES string of the molecule is C=C(/N=C1/C=CC=C/C1=C(/C)c1ccccc1)n1c2ccccc2c2cc(-c3cc4c(s3)c3cccc5c6ccccc6n4c53)ccc21. The lowest BCUT2D eigenvalue weighted by Crippen LogP contribution is -2.05. The van der Waals surface area contributed by atoms with Gasteiger partial charge in [0, 0.05) is 37.4 Å². The summed E-state index contributed by atoms with van der Waals surface area (Å²) in [5.74, 6) is 0.692. The number of rotatable bonds is 4. The Labute approximate surface area is 281 Å². The van der Waals surface area contributed by atoms with E-state index in [-0.39, 0.29) is 0 Å². The molecule has 4 aromatic heterocycles. The van der Waals surface area contributed by atoms with Gasteiger partial charge in [-0.1, -0.05) is 116 Å². The number of aliphatic imine (C=N–C) groups is 1. The molecule has 0 fully saturated rings. The zero-order valence-electron chi connectivity index (χ0n) is 26.3. The van der Waals surface area contributed by atoms with Crippen molar-refractivity contribution in [3.8, 4) is 10.4 Å². The highest BCUT2D eigenvalue weighted by Gasteiger charge is 2.21. The van der Waals surface area contributed by atoms with E-state index in [2.05, 4.69) is 156 Å². The third kappa shape index (κ3) is 3.84. The molecule has 4 heteroatoms. The van der Waals surface area contributed by atoms with Crippen LogP contribution < -0.4 is 0 Å². The van der Waals surface area contributed by atoms with Crippen molar-refractivity contribution in [2.24, 2.45) is 4.99 Å². The van der Waals surface area contributed by atoms with Crippen LogP contribution >= 0.6 is 11.3 Å². The van der Waals surface area contributed by atoms with Gasteiger partial charge in [0.2, 0.25) is 0 Å². The molecule has 5 aromatic carbocycles. The first kappa shape index (κ1) is 27.2. The van der Waals surface area contributed by atoms with E-state index in [1.54, 1.807) is 0 Å². The summed E-state index contributed by atoms with van der Waals surface area (Å²) in [6.07, 6.45) is 8.34. The van der Waals surface area contributed by atoms with Gasteiger partial charge in [-0.15, -0.1) is 11.3 Å². The molecule has 9 aromatic rings.